The standard InChI is InChI=1S/C5H6Br2N2O3/c1-8(2-10)5(12)9(3-11)4(6)7/h2-4H,1H3. The van der Waals surface area contributed by atoms with E-state index < -0.39 is 9.89 Å². The van der Waals surface area contributed by atoms with Crippen LogP contribution in [0.5, 0.6) is 0 Å². The highest BCUT2D eigenvalue weighted by molar-refractivity contribution is 9.24. The van der Waals surface area contributed by atoms with Crippen molar-refractivity contribution in [3.8, 4) is 0 Å². The lowest BCUT2D eigenvalue weighted by molar-refractivity contribution is -0.117. The molecular formula is C5H6Br2N2O3. The molecule has 0 atom stereocenters. The Labute approximate surface area is 85.9 Å². The molecule has 0 aliphatic rings. The van der Waals surface area contributed by atoms with E-state index in [-0.39, 0.29) is 0 Å². The number of hydrogen-bond acceptors (Lipinski definition) is 3. The van der Waals surface area contributed by atoms with Gasteiger partial charge in [-0.15, -0.1) is 0 Å². The van der Waals surface area contributed by atoms with E-state index in [1.807, 2.05) is 0 Å². The third-order valence-corrected chi connectivity index (χ3v) is 1.89. The van der Waals surface area contributed by atoms with Gasteiger partial charge < -0.3 is 0 Å². The number of nitrogens with zero attached hydrogens (tertiary/aromatic N) is 2. The van der Waals surface area contributed by atoms with E-state index in [4.69, 9.17) is 0 Å². The molecule has 4 amide bonds. The smallest absolute Gasteiger partial charge is 0.278 e. The first-order chi connectivity index (χ1) is 5.54. The predicted molar refractivity (Wildman–Crippen MR) is 48.8 cm³/mol. The molecule has 7 heteroatoms. The quantitative estimate of drug-likeness (QED) is 0.439. The molecule has 0 N–H and O–H groups in total. The number of imide groups is 2. The van der Waals surface area contributed by atoms with Gasteiger partial charge in [-0.3, -0.25) is 14.5 Å². The molecule has 0 unspecified atom stereocenters. The Bertz CT molecular complexity index is 197. The first kappa shape index (κ1) is 11.6. The van der Waals surface area contributed by atoms with Crippen LogP contribution in [0.2, 0.25) is 0 Å². The third kappa shape index (κ3) is 2.90. The first-order valence-electron chi connectivity index (χ1n) is 2.78. The molecule has 0 aliphatic carbocycles. The third-order valence-electron chi connectivity index (χ3n) is 1.00. The van der Waals surface area contributed by atoms with Crippen molar-refractivity contribution in [1.82, 2.24) is 9.80 Å². The lowest BCUT2D eigenvalue weighted by Gasteiger charge is -2.19. The monoisotopic (exact) mass is 300 g/mol. The average molecular weight is 302 g/mol. The summed E-state index contributed by atoms with van der Waals surface area (Å²) in [6.45, 7) is 0. The number of carbonyl (C=O) groups excluding carboxylic acids is 3. The molecular weight excluding hydrogens is 296 g/mol. The van der Waals surface area contributed by atoms with Crippen molar-refractivity contribution in [3.63, 3.8) is 0 Å². The summed E-state index contributed by atoms with van der Waals surface area (Å²) in [5.74, 6) is 0. The summed E-state index contributed by atoms with van der Waals surface area (Å²) in [6.07, 6.45) is 0.637. The number of urea groups is 1. The summed E-state index contributed by atoms with van der Waals surface area (Å²) < 4.78 is -0.614. The molecule has 12 heavy (non-hydrogen) atoms. The van der Waals surface area contributed by atoms with E-state index >= 15 is 0 Å². The van der Waals surface area contributed by atoms with Gasteiger partial charge in [0.25, 0.3) is 0 Å². The van der Waals surface area contributed by atoms with E-state index in [0.29, 0.717) is 12.8 Å². The van der Waals surface area contributed by atoms with Crippen molar-refractivity contribution in [2.24, 2.45) is 0 Å². The fraction of sp³-hybridized carbons (Fsp3) is 0.400. The molecule has 0 saturated heterocycles. The van der Waals surface area contributed by atoms with Crippen LogP contribution in [0.4, 0.5) is 4.79 Å². The Morgan fingerprint density at radius 1 is 1.33 bits per heavy atom. The molecule has 0 rings (SSSR count). The summed E-state index contributed by atoms with van der Waals surface area (Å²) in [6, 6.07) is -0.709. The van der Waals surface area contributed by atoms with Crippen LogP contribution in [0.25, 0.3) is 0 Å². The van der Waals surface area contributed by atoms with Gasteiger partial charge in [-0.05, 0) is 0 Å². The molecule has 0 aromatic heterocycles. The average Bonchev–Trinajstić information content (AvgIpc) is 2.03. The lowest BCUT2D eigenvalue weighted by atomic mass is 10.7. The Balaban J connectivity index is 4.41. The summed E-state index contributed by atoms with van der Waals surface area (Å²) in [5, 5.41) is 0. The van der Waals surface area contributed by atoms with Gasteiger partial charge in [0.15, 0.2) is 3.86 Å². The molecule has 0 bridgehead atoms. The number of alkyl halides is 2. The second-order valence-corrected chi connectivity index (χ2v) is 4.75. The van der Waals surface area contributed by atoms with Crippen LogP contribution in [0.15, 0.2) is 0 Å². The molecule has 0 aromatic carbocycles. The fourth-order valence-corrected chi connectivity index (χ4v) is 0.945. The van der Waals surface area contributed by atoms with Crippen LogP contribution >= 0.6 is 31.9 Å². The normalized spacial score (nSPS) is 9.33. The molecule has 0 spiro atoms. The van der Waals surface area contributed by atoms with Gasteiger partial charge in [0.2, 0.25) is 12.8 Å². The Morgan fingerprint density at radius 3 is 2.08 bits per heavy atom. The van der Waals surface area contributed by atoms with Crippen LogP contribution in [-0.2, 0) is 9.59 Å². The summed E-state index contributed by atoms with van der Waals surface area (Å²) in [7, 11) is 1.26. The van der Waals surface area contributed by atoms with E-state index in [0.717, 1.165) is 9.80 Å². The van der Waals surface area contributed by atoms with Gasteiger partial charge in [-0.25, -0.2) is 9.69 Å². The van der Waals surface area contributed by atoms with Gasteiger partial charge >= 0.3 is 6.03 Å². The highest BCUT2D eigenvalue weighted by atomic mass is 79.9. The summed E-state index contributed by atoms with van der Waals surface area (Å²) >= 11 is 5.89. The molecule has 0 fully saturated rings. The Morgan fingerprint density at radius 2 is 1.83 bits per heavy atom. The molecule has 5 nitrogen and oxygen atoms in total. The van der Waals surface area contributed by atoms with E-state index in [9.17, 15) is 14.4 Å². The van der Waals surface area contributed by atoms with Crippen LogP contribution < -0.4 is 0 Å². The molecule has 68 valence electrons. The lowest BCUT2D eigenvalue weighted by Crippen LogP contribution is -2.41. The number of amides is 4. The van der Waals surface area contributed by atoms with E-state index in [1.165, 1.54) is 7.05 Å². The maximum Gasteiger partial charge on any atom is 0.334 e. The number of carbonyl (C=O) groups is 3. The second-order valence-electron chi connectivity index (χ2n) is 1.79. The number of rotatable bonds is 3. The highest BCUT2D eigenvalue weighted by Gasteiger charge is 2.21. The predicted octanol–water partition coefficient (Wildman–Crippen LogP) is 0.726. The van der Waals surface area contributed by atoms with Crippen molar-refractivity contribution in [3.05, 3.63) is 0 Å². The van der Waals surface area contributed by atoms with E-state index in [2.05, 4.69) is 31.9 Å². The van der Waals surface area contributed by atoms with Gasteiger partial charge in [-0.2, -0.15) is 0 Å². The number of hydrogen-bond donors (Lipinski definition) is 0. The minimum Gasteiger partial charge on any atom is -0.278 e. The minimum absolute atomic E-state index is 0.316. The van der Waals surface area contributed by atoms with Crippen molar-refractivity contribution in [1.29, 1.82) is 0 Å². The van der Waals surface area contributed by atoms with Crippen molar-refractivity contribution in [2.75, 3.05) is 7.05 Å². The van der Waals surface area contributed by atoms with Crippen molar-refractivity contribution >= 4 is 50.7 Å². The zero-order valence-corrected chi connectivity index (χ0v) is 9.28. The molecule has 0 saturated carbocycles. The Hall–Kier alpha value is -0.430. The van der Waals surface area contributed by atoms with Gasteiger partial charge in [0.1, 0.15) is 0 Å². The maximum absolute atomic E-state index is 11.1. The van der Waals surface area contributed by atoms with Gasteiger partial charge in [0.05, 0.1) is 0 Å². The summed E-state index contributed by atoms with van der Waals surface area (Å²) in [4.78, 5) is 33.0. The maximum atomic E-state index is 11.1. The SMILES string of the molecule is CN(C=O)C(=O)N(C=O)C(Br)Br. The van der Waals surface area contributed by atoms with Gasteiger partial charge in [-0.1, -0.05) is 31.9 Å². The second kappa shape index (κ2) is 5.26. The fourth-order valence-electron chi connectivity index (χ4n) is 0.402. The Kier molecular flexibility index (Phi) is 5.07. The zero-order valence-electron chi connectivity index (χ0n) is 6.11. The van der Waals surface area contributed by atoms with Gasteiger partial charge in [0, 0.05) is 7.05 Å². The van der Waals surface area contributed by atoms with Crippen molar-refractivity contribution in [2.45, 2.75) is 3.86 Å². The van der Waals surface area contributed by atoms with Crippen LogP contribution in [0.3, 0.4) is 0 Å². The molecule has 0 heterocycles. The van der Waals surface area contributed by atoms with Crippen LogP contribution in [0.1, 0.15) is 0 Å². The minimum atomic E-state index is -0.709. The van der Waals surface area contributed by atoms with Crippen LogP contribution in [-0.4, -0.2) is 39.6 Å². The first-order valence-corrected chi connectivity index (χ1v) is 4.61. The summed E-state index contributed by atoms with van der Waals surface area (Å²) in [5.41, 5.74) is 0. The van der Waals surface area contributed by atoms with E-state index in [1.54, 1.807) is 0 Å². The zero-order chi connectivity index (χ0) is 9.72. The largest absolute Gasteiger partial charge is 0.334 e. The highest BCUT2D eigenvalue weighted by Crippen LogP contribution is 2.13. The van der Waals surface area contributed by atoms with Crippen LogP contribution in [0, 0.1) is 0 Å². The molecule has 0 radical (unpaired) electrons. The topological polar surface area (TPSA) is 57.7 Å². The molecule has 0 aliphatic heterocycles. The van der Waals surface area contributed by atoms with Crippen molar-refractivity contribution < 1.29 is 14.4 Å². The number of halogens is 2. The molecule has 0 aromatic rings.